The SMILES string of the molecule is C=C1C2=C(O)[C@@](C)(C(=O)CC(N)=O)[C@H](C(CO)N(C)C)C[C@@H]2Cc2c(C(=O)OCCCC)ccc(O)c21. The Morgan fingerprint density at radius 2 is 1.95 bits per heavy atom. The normalized spacial score (nSPS) is 23.9. The van der Waals surface area contributed by atoms with E-state index in [0.717, 1.165) is 12.8 Å². The molecule has 3 rings (SSSR count). The molecule has 0 radical (unpaired) electrons. The first-order valence-electron chi connectivity index (χ1n) is 12.6. The van der Waals surface area contributed by atoms with Crippen molar-refractivity contribution in [1.29, 1.82) is 0 Å². The summed E-state index contributed by atoms with van der Waals surface area (Å²) in [6, 6.07) is 2.42. The third kappa shape index (κ3) is 5.02. The quantitative estimate of drug-likeness (QED) is 0.211. The molecule has 202 valence electrons. The molecule has 0 saturated heterocycles. The van der Waals surface area contributed by atoms with Crippen LogP contribution in [0.1, 0.15) is 61.0 Å². The van der Waals surface area contributed by atoms with Gasteiger partial charge in [0.2, 0.25) is 5.91 Å². The fourth-order valence-corrected chi connectivity index (χ4v) is 5.90. The van der Waals surface area contributed by atoms with Gasteiger partial charge >= 0.3 is 5.97 Å². The van der Waals surface area contributed by atoms with E-state index >= 15 is 0 Å². The van der Waals surface area contributed by atoms with Crippen molar-refractivity contribution < 1.29 is 34.4 Å². The van der Waals surface area contributed by atoms with Crippen LogP contribution >= 0.6 is 0 Å². The predicted molar refractivity (Wildman–Crippen MR) is 139 cm³/mol. The molecule has 5 N–H and O–H groups in total. The summed E-state index contributed by atoms with van der Waals surface area (Å²) in [6.07, 6.45) is 1.70. The van der Waals surface area contributed by atoms with Crippen LogP contribution < -0.4 is 5.73 Å². The number of fused-ring (bicyclic) bond motifs is 2. The van der Waals surface area contributed by atoms with Crippen molar-refractivity contribution in [2.45, 2.75) is 52.0 Å². The van der Waals surface area contributed by atoms with Gasteiger partial charge in [-0.2, -0.15) is 0 Å². The fourth-order valence-electron chi connectivity index (χ4n) is 5.90. The maximum Gasteiger partial charge on any atom is 0.338 e. The van der Waals surface area contributed by atoms with Crippen LogP contribution in [0.25, 0.3) is 5.57 Å². The lowest BCUT2D eigenvalue weighted by molar-refractivity contribution is -0.137. The first-order valence-corrected chi connectivity index (χ1v) is 12.6. The van der Waals surface area contributed by atoms with Gasteiger partial charge in [-0.15, -0.1) is 0 Å². The molecule has 0 spiro atoms. The molecule has 0 aromatic heterocycles. The second-order valence-electron chi connectivity index (χ2n) is 10.4. The molecule has 0 bridgehead atoms. The summed E-state index contributed by atoms with van der Waals surface area (Å²) < 4.78 is 5.44. The van der Waals surface area contributed by atoms with Gasteiger partial charge in [-0.1, -0.05) is 19.9 Å². The number of carbonyl (C=O) groups is 3. The van der Waals surface area contributed by atoms with Gasteiger partial charge in [0.25, 0.3) is 0 Å². The molecular formula is C28H38N2O7. The number of phenolic OH excluding ortho intramolecular Hbond substituents is 1. The third-order valence-corrected chi connectivity index (χ3v) is 7.98. The van der Waals surface area contributed by atoms with Crippen LogP contribution in [0.4, 0.5) is 0 Å². The summed E-state index contributed by atoms with van der Waals surface area (Å²) >= 11 is 0. The number of primary amides is 1. The van der Waals surface area contributed by atoms with E-state index in [2.05, 4.69) is 6.58 Å². The van der Waals surface area contributed by atoms with E-state index in [9.17, 15) is 29.7 Å². The summed E-state index contributed by atoms with van der Waals surface area (Å²) in [5.41, 5.74) is 5.76. The first kappa shape index (κ1) is 28.4. The zero-order valence-electron chi connectivity index (χ0n) is 22.0. The molecule has 0 fully saturated rings. The van der Waals surface area contributed by atoms with E-state index in [1.54, 1.807) is 25.9 Å². The number of esters is 1. The van der Waals surface area contributed by atoms with Crippen LogP contribution in [-0.2, 0) is 20.7 Å². The number of amides is 1. The molecule has 0 saturated carbocycles. The number of aromatic hydroxyl groups is 1. The number of hydrogen-bond acceptors (Lipinski definition) is 8. The molecule has 2 aliphatic rings. The molecule has 9 nitrogen and oxygen atoms in total. The van der Waals surface area contributed by atoms with Crippen LogP contribution in [-0.4, -0.2) is 71.2 Å². The third-order valence-electron chi connectivity index (χ3n) is 7.98. The maximum atomic E-state index is 13.4. The average molecular weight is 515 g/mol. The van der Waals surface area contributed by atoms with E-state index in [1.165, 1.54) is 12.1 Å². The lowest BCUT2D eigenvalue weighted by Gasteiger charge is -2.49. The number of nitrogens with two attached hydrogens (primary N) is 1. The summed E-state index contributed by atoms with van der Waals surface area (Å²) in [6.45, 7) is 7.71. The zero-order chi connectivity index (χ0) is 27.7. The van der Waals surface area contributed by atoms with Gasteiger partial charge in [-0.3, -0.25) is 9.59 Å². The van der Waals surface area contributed by atoms with Crippen molar-refractivity contribution in [3.63, 3.8) is 0 Å². The topological polar surface area (TPSA) is 150 Å². The molecule has 37 heavy (non-hydrogen) atoms. The Morgan fingerprint density at radius 3 is 2.51 bits per heavy atom. The smallest absolute Gasteiger partial charge is 0.338 e. The van der Waals surface area contributed by atoms with E-state index < -0.39 is 41.5 Å². The van der Waals surface area contributed by atoms with Gasteiger partial charge < -0.3 is 30.7 Å². The molecule has 9 heteroatoms. The van der Waals surface area contributed by atoms with Crippen LogP contribution in [0, 0.1) is 17.3 Å². The minimum absolute atomic E-state index is 0.0994. The fraction of sp³-hybridized carbons (Fsp3) is 0.536. The summed E-state index contributed by atoms with van der Waals surface area (Å²) in [5, 5.41) is 32.7. The number of carbonyl (C=O) groups excluding carboxylic acids is 3. The number of hydrogen-bond donors (Lipinski definition) is 4. The highest BCUT2D eigenvalue weighted by molar-refractivity contribution is 6.03. The second kappa shape index (κ2) is 11.1. The Labute approximate surface area is 217 Å². The standard InChI is InChI=1S/C28H38N2O7/c1-6-7-10-37-27(36)17-8-9-21(32)25-15(2)24-16(11-18(17)25)12-19(20(14-31)30(4)5)28(3,26(24)35)22(33)13-23(29)34/h8-9,16,19-20,31-32,35H,2,6-7,10-14H2,1,3-5H3,(H2,29,34)/t16-,19-,20?,28+/m0/s1. The highest BCUT2D eigenvalue weighted by Gasteiger charge is 2.55. The molecule has 2 aliphatic carbocycles. The molecule has 1 aromatic carbocycles. The average Bonchev–Trinajstić information content (AvgIpc) is 2.81. The minimum atomic E-state index is -1.52. The van der Waals surface area contributed by atoms with Crippen LogP contribution in [0.3, 0.4) is 0 Å². The number of phenols is 1. The van der Waals surface area contributed by atoms with Gasteiger partial charge in [0.15, 0.2) is 5.78 Å². The van der Waals surface area contributed by atoms with Crippen molar-refractivity contribution in [2.24, 2.45) is 23.0 Å². The van der Waals surface area contributed by atoms with Crippen LogP contribution in [0.2, 0.25) is 0 Å². The van der Waals surface area contributed by atoms with E-state index in [1.807, 2.05) is 6.92 Å². The molecule has 1 amide bonds. The van der Waals surface area contributed by atoms with E-state index in [0.29, 0.717) is 40.7 Å². The van der Waals surface area contributed by atoms with Gasteiger partial charge in [0.1, 0.15) is 11.5 Å². The molecule has 4 atom stereocenters. The Balaban J connectivity index is 2.19. The van der Waals surface area contributed by atoms with Crippen LogP contribution in [0.15, 0.2) is 30.0 Å². The number of benzene rings is 1. The van der Waals surface area contributed by atoms with Crippen molar-refractivity contribution in [1.82, 2.24) is 4.90 Å². The van der Waals surface area contributed by atoms with Gasteiger partial charge in [0.05, 0.1) is 30.6 Å². The lowest BCUT2D eigenvalue weighted by atomic mass is 9.56. The van der Waals surface area contributed by atoms with Crippen LogP contribution in [0.5, 0.6) is 5.75 Å². The van der Waals surface area contributed by atoms with E-state index in [-0.39, 0.29) is 30.6 Å². The summed E-state index contributed by atoms with van der Waals surface area (Å²) in [5.74, 6) is -3.12. The highest BCUT2D eigenvalue weighted by atomic mass is 16.5. The minimum Gasteiger partial charge on any atom is -0.511 e. The monoisotopic (exact) mass is 514 g/mol. The zero-order valence-corrected chi connectivity index (χ0v) is 22.0. The summed E-state index contributed by atoms with van der Waals surface area (Å²) in [7, 11) is 3.54. The van der Waals surface area contributed by atoms with Gasteiger partial charge in [-0.05, 0) is 75.4 Å². The number of ketones is 1. The molecule has 1 aromatic rings. The predicted octanol–water partition coefficient (Wildman–Crippen LogP) is 2.74. The van der Waals surface area contributed by atoms with Crippen molar-refractivity contribution in [3.8, 4) is 5.75 Å². The summed E-state index contributed by atoms with van der Waals surface area (Å²) in [4.78, 5) is 39.8. The Kier molecular flexibility index (Phi) is 8.49. The Morgan fingerprint density at radius 1 is 1.27 bits per heavy atom. The Bertz CT molecular complexity index is 1140. The number of nitrogens with zero attached hydrogens (tertiary/aromatic N) is 1. The Hall–Kier alpha value is -3.17. The number of ether oxygens (including phenoxy) is 1. The van der Waals surface area contributed by atoms with Gasteiger partial charge in [-0.25, -0.2) is 4.79 Å². The van der Waals surface area contributed by atoms with Crippen molar-refractivity contribution >= 4 is 23.2 Å². The molecule has 0 heterocycles. The lowest BCUT2D eigenvalue weighted by Crippen LogP contribution is -2.54. The van der Waals surface area contributed by atoms with E-state index in [4.69, 9.17) is 10.5 Å². The largest absolute Gasteiger partial charge is 0.511 e. The number of allylic oxidation sites excluding steroid dienone is 3. The number of aliphatic hydroxyl groups is 2. The maximum absolute atomic E-state index is 13.4. The van der Waals surface area contributed by atoms with Gasteiger partial charge in [0, 0.05) is 17.2 Å². The van der Waals surface area contributed by atoms with Crippen molar-refractivity contribution in [2.75, 3.05) is 27.3 Å². The second-order valence-corrected chi connectivity index (χ2v) is 10.4. The molecular weight excluding hydrogens is 476 g/mol. The molecule has 0 aliphatic heterocycles. The number of Topliss-reactive ketones (excluding diaryl/α,β-unsaturated/α-hetero) is 1. The molecule has 1 unspecified atom stereocenters. The first-order chi connectivity index (χ1) is 17.4. The number of rotatable bonds is 10. The number of aliphatic hydroxyl groups excluding tert-OH is 2. The van der Waals surface area contributed by atoms with Crippen molar-refractivity contribution in [3.05, 3.63) is 46.7 Å². The number of unbranched alkanes of at least 4 members (excludes halogenated alkanes) is 1. The number of likely N-dealkylation sites (N-methyl/N-ethyl adjacent to an activating group) is 1. The highest BCUT2D eigenvalue weighted by Crippen LogP contribution is 2.56.